The third-order valence-corrected chi connectivity index (χ3v) is 2.69. The Kier molecular flexibility index (Phi) is 5.60. The lowest BCUT2D eigenvalue weighted by Crippen LogP contribution is -2.43. The maximum atomic E-state index is 11.9. The minimum Gasteiger partial charge on any atom is -0.480 e. The first kappa shape index (κ1) is 16.1. The standard InChI is InChI=1S/C11H11Cl2N3O4/c12-6-1-2-7(13)8(3-6)15-11(20)16(4-9(14)17)5-10(18)19/h1-3H,4-5H2,(H2,14,17)(H,15,20)(H,18,19). The van der Waals surface area contributed by atoms with E-state index >= 15 is 0 Å². The Morgan fingerprint density at radius 2 is 1.90 bits per heavy atom. The summed E-state index contributed by atoms with van der Waals surface area (Å²) in [6, 6.07) is 3.56. The van der Waals surface area contributed by atoms with E-state index in [2.05, 4.69) is 5.32 Å². The second-order valence-electron chi connectivity index (χ2n) is 3.77. The highest BCUT2D eigenvalue weighted by atomic mass is 35.5. The van der Waals surface area contributed by atoms with Crippen LogP contribution in [0.15, 0.2) is 18.2 Å². The number of rotatable bonds is 5. The molecule has 0 aliphatic heterocycles. The van der Waals surface area contributed by atoms with Gasteiger partial charge in [0.15, 0.2) is 0 Å². The Hall–Kier alpha value is -1.99. The Morgan fingerprint density at radius 3 is 2.45 bits per heavy atom. The Labute approximate surface area is 124 Å². The van der Waals surface area contributed by atoms with Gasteiger partial charge in [0.05, 0.1) is 10.7 Å². The monoisotopic (exact) mass is 319 g/mol. The molecule has 7 nitrogen and oxygen atoms in total. The second-order valence-corrected chi connectivity index (χ2v) is 4.61. The highest BCUT2D eigenvalue weighted by Gasteiger charge is 2.19. The Bertz CT molecular complexity index is 534. The molecule has 1 rings (SSSR count). The normalized spacial score (nSPS) is 9.90. The highest BCUT2D eigenvalue weighted by molar-refractivity contribution is 6.35. The smallest absolute Gasteiger partial charge is 0.323 e. The SMILES string of the molecule is NC(=O)CN(CC(=O)O)C(=O)Nc1cc(Cl)ccc1Cl. The number of hydrogen-bond donors (Lipinski definition) is 3. The number of amides is 3. The molecule has 0 saturated carbocycles. The van der Waals surface area contributed by atoms with Crippen molar-refractivity contribution in [2.24, 2.45) is 5.73 Å². The molecule has 9 heteroatoms. The largest absolute Gasteiger partial charge is 0.480 e. The van der Waals surface area contributed by atoms with Crippen LogP contribution in [0.5, 0.6) is 0 Å². The van der Waals surface area contributed by atoms with Crippen molar-refractivity contribution in [3.8, 4) is 0 Å². The van der Waals surface area contributed by atoms with Crippen molar-refractivity contribution in [1.82, 2.24) is 4.90 Å². The zero-order valence-electron chi connectivity index (χ0n) is 10.1. The molecule has 1 aromatic carbocycles. The summed E-state index contributed by atoms with van der Waals surface area (Å²) in [7, 11) is 0. The number of primary amides is 1. The van der Waals surface area contributed by atoms with Crippen LogP contribution in [-0.4, -0.2) is 41.0 Å². The fourth-order valence-electron chi connectivity index (χ4n) is 1.34. The lowest BCUT2D eigenvalue weighted by molar-refractivity contribution is -0.137. The molecule has 108 valence electrons. The quantitative estimate of drug-likeness (QED) is 0.761. The number of carboxylic acids is 1. The third-order valence-electron chi connectivity index (χ3n) is 2.13. The number of nitrogens with two attached hydrogens (primary N) is 1. The number of carbonyl (C=O) groups excluding carboxylic acids is 2. The van der Waals surface area contributed by atoms with E-state index in [1.54, 1.807) is 0 Å². The summed E-state index contributed by atoms with van der Waals surface area (Å²) in [5.74, 6) is -2.11. The Balaban J connectivity index is 2.86. The van der Waals surface area contributed by atoms with Crippen LogP contribution in [0.4, 0.5) is 10.5 Å². The van der Waals surface area contributed by atoms with Gasteiger partial charge in [-0.2, -0.15) is 0 Å². The van der Waals surface area contributed by atoms with Gasteiger partial charge >= 0.3 is 12.0 Å². The van der Waals surface area contributed by atoms with Gasteiger partial charge in [0.2, 0.25) is 5.91 Å². The zero-order valence-corrected chi connectivity index (χ0v) is 11.6. The van der Waals surface area contributed by atoms with Crippen molar-refractivity contribution in [1.29, 1.82) is 0 Å². The molecule has 20 heavy (non-hydrogen) atoms. The number of hydrogen-bond acceptors (Lipinski definition) is 3. The molecule has 0 radical (unpaired) electrons. The van der Waals surface area contributed by atoms with E-state index in [1.165, 1.54) is 18.2 Å². The van der Waals surface area contributed by atoms with Crippen LogP contribution < -0.4 is 11.1 Å². The molecule has 0 aromatic heterocycles. The van der Waals surface area contributed by atoms with Crippen LogP contribution in [0.1, 0.15) is 0 Å². The molecule has 1 aromatic rings. The number of aliphatic carboxylic acids is 1. The molecule has 0 heterocycles. The predicted molar refractivity (Wildman–Crippen MR) is 73.9 cm³/mol. The van der Waals surface area contributed by atoms with Gasteiger partial charge in [-0.15, -0.1) is 0 Å². The van der Waals surface area contributed by atoms with Crippen molar-refractivity contribution >= 4 is 46.8 Å². The van der Waals surface area contributed by atoms with Gasteiger partial charge in [-0.25, -0.2) is 4.79 Å². The lowest BCUT2D eigenvalue weighted by Gasteiger charge is -2.20. The molecule has 4 N–H and O–H groups in total. The van der Waals surface area contributed by atoms with Crippen molar-refractivity contribution < 1.29 is 19.5 Å². The molecule has 0 fully saturated rings. The van der Waals surface area contributed by atoms with Gasteiger partial charge in [0.25, 0.3) is 0 Å². The number of halogens is 2. The van der Waals surface area contributed by atoms with Crippen molar-refractivity contribution in [2.45, 2.75) is 0 Å². The second kappa shape index (κ2) is 6.97. The van der Waals surface area contributed by atoms with Gasteiger partial charge in [-0.05, 0) is 18.2 Å². The van der Waals surface area contributed by atoms with Crippen LogP contribution in [0.25, 0.3) is 0 Å². The number of nitrogens with one attached hydrogen (secondary N) is 1. The zero-order chi connectivity index (χ0) is 15.3. The number of anilines is 1. The maximum Gasteiger partial charge on any atom is 0.323 e. The minimum atomic E-state index is -1.28. The van der Waals surface area contributed by atoms with Crippen molar-refractivity contribution in [3.05, 3.63) is 28.2 Å². The summed E-state index contributed by atoms with van der Waals surface area (Å²) in [5, 5.41) is 11.6. The molecule has 0 aliphatic carbocycles. The summed E-state index contributed by atoms with van der Waals surface area (Å²) in [6.07, 6.45) is 0. The van der Waals surface area contributed by atoms with E-state index in [4.69, 9.17) is 34.0 Å². The molecule has 0 saturated heterocycles. The van der Waals surface area contributed by atoms with Crippen LogP contribution in [0, 0.1) is 0 Å². The van der Waals surface area contributed by atoms with Gasteiger partial charge in [0, 0.05) is 5.02 Å². The predicted octanol–water partition coefficient (Wildman–Crippen LogP) is 1.40. The fraction of sp³-hybridized carbons (Fsp3) is 0.182. The molecule has 0 atom stereocenters. The Morgan fingerprint density at radius 1 is 1.25 bits per heavy atom. The summed E-state index contributed by atoms with van der Waals surface area (Å²) in [5.41, 5.74) is 5.15. The molecular formula is C11H11Cl2N3O4. The average Bonchev–Trinajstić information content (AvgIpc) is 2.31. The van der Waals surface area contributed by atoms with Crippen LogP contribution in [-0.2, 0) is 9.59 Å². The fourth-order valence-corrected chi connectivity index (χ4v) is 1.68. The van der Waals surface area contributed by atoms with Crippen LogP contribution in [0.3, 0.4) is 0 Å². The molecule has 0 aliphatic rings. The third kappa shape index (κ3) is 4.94. The lowest BCUT2D eigenvalue weighted by atomic mass is 10.3. The number of nitrogens with zero attached hydrogens (tertiary/aromatic N) is 1. The topological polar surface area (TPSA) is 113 Å². The van der Waals surface area contributed by atoms with Crippen LogP contribution in [0.2, 0.25) is 10.0 Å². The van der Waals surface area contributed by atoms with E-state index in [0.29, 0.717) is 5.02 Å². The molecule has 0 spiro atoms. The highest BCUT2D eigenvalue weighted by Crippen LogP contribution is 2.25. The van der Waals surface area contributed by atoms with Gasteiger partial charge in [-0.3, -0.25) is 9.59 Å². The first-order chi connectivity index (χ1) is 9.29. The van der Waals surface area contributed by atoms with E-state index in [-0.39, 0.29) is 10.7 Å². The first-order valence-corrected chi connectivity index (χ1v) is 6.06. The molecule has 0 bridgehead atoms. The van der Waals surface area contributed by atoms with E-state index in [9.17, 15) is 14.4 Å². The minimum absolute atomic E-state index is 0.198. The number of urea groups is 1. The summed E-state index contributed by atoms with van der Waals surface area (Å²) >= 11 is 11.6. The summed E-state index contributed by atoms with van der Waals surface area (Å²) in [4.78, 5) is 34.1. The van der Waals surface area contributed by atoms with Crippen LogP contribution >= 0.6 is 23.2 Å². The van der Waals surface area contributed by atoms with E-state index in [1.807, 2.05) is 0 Å². The first-order valence-electron chi connectivity index (χ1n) is 5.30. The number of carboxylic acid groups (broad SMARTS) is 1. The van der Waals surface area contributed by atoms with Gasteiger partial charge in [0.1, 0.15) is 13.1 Å². The summed E-state index contributed by atoms with van der Waals surface area (Å²) < 4.78 is 0. The molecule has 0 unspecified atom stereocenters. The number of benzene rings is 1. The number of carbonyl (C=O) groups is 3. The maximum absolute atomic E-state index is 11.9. The van der Waals surface area contributed by atoms with Crippen molar-refractivity contribution in [3.63, 3.8) is 0 Å². The summed E-state index contributed by atoms with van der Waals surface area (Å²) in [6.45, 7) is -1.21. The molecular weight excluding hydrogens is 309 g/mol. The van der Waals surface area contributed by atoms with Gasteiger partial charge in [-0.1, -0.05) is 23.2 Å². The van der Waals surface area contributed by atoms with E-state index in [0.717, 1.165) is 4.90 Å². The van der Waals surface area contributed by atoms with Crippen molar-refractivity contribution in [2.75, 3.05) is 18.4 Å². The van der Waals surface area contributed by atoms with E-state index < -0.39 is 31.0 Å². The average molecular weight is 320 g/mol. The molecule has 3 amide bonds. The van der Waals surface area contributed by atoms with Gasteiger partial charge < -0.3 is 21.1 Å².